The van der Waals surface area contributed by atoms with Crippen molar-refractivity contribution < 1.29 is 9.90 Å². The molecule has 5 heteroatoms. The highest BCUT2D eigenvalue weighted by Crippen LogP contribution is 2.28. The van der Waals surface area contributed by atoms with Crippen LogP contribution in [0.25, 0.3) is 10.9 Å². The molecular formula is C18H17ClN2O2. The molecule has 0 unspecified atom stereocenters. The Morgan fingerprint density at radius 1 is 1.09 bits per heavy atom. The molecule has 0 fully saturated rings. The summed E-state index contributed by atoms with van der Waals surface area (Å²) in [6.07, 6.45) is 0. The smallest absolute Gasteiger partial charge is 0.335 e. The van der Waals surface area contributed by atoms with Crippen molar-refractivity contribution >= 4 is 40.7 Å². The van der Waals surface area contributed by atoms with Crippen LogP contribution >= 0.6 is 12.4 Å². The third-order valence-corrected chi connectivity index (χ3v) is 3.56. The lowest BCUT2D eigenvalue weighted by Crippen LogP contribution is -1.99. The topological polar surface area (TPSA) is 62.2 Å². The molecule has 0 saturated heterocycles. The molecular weight excluding hydrogens is 312 g/mol. The van der Waals surface area contributed by atoms with E-state index >= 15 is 0 Å². The highest BCUT2D eigenvalue weighted by Gasteiger charge is 2.08. The number of carboxylic acid groups (broad SMARTS) is 1. The monoisotopic (exact) mass is 328 g/mol. The molecule has 3 aromatic rings. The number of aromatic nitrogens is 1. The lowest BCUT2D eigenvalue weighted by molar-refractivity contribution is 0.0697. The van der Waals surface area contributed by atoms with E-state index in [2.05, 4.69) is 10.3 Å². The van der Waals surface area contributed by atoms with E-state index in [0.717, 1.165) is 33.5 Å². The molecule has 2 N–H and O–H groups in total. The predicted molar refractivity (Wildman–Crippen MR) is 95.1 cm³/mol. The molecule has 0 aliphatic carbocycles. The summed E-state index contributed by atoms with van der Waals surface area (Å²) >= 11 is 0. The molecule has 0 aliphatic rings. The summed E-state index contributed by atoms with van der Waals surface area (Å²) in [6, 6.07) is 14.8. The summed E-state index contributed by atoms with van der Waals surface area (Å²) in [6.45, 7) is 3.98. The van der Waals surface area contributed by atoms with Gasteiger partial charge in [0, 0.05) is 22.5 Å². The molecule has 0 spiro atoms. The van der Waals surface area contributed by atoms with Gasteiger partial charge in [-0.3, -0.25) is 4.98 Å². The van der Waals surface area contributed by atoms with Crippen LogP contribution in [0.5, 0.6) is 0 Å². The van der Waals surface area contributed by atoms with Gasteiger partial charge in [-0.2, -0.15) is 0 Å². The minimum Gasteiger partial charge on any atom is -0.478 e. The second kappa shape index (κ2) is 6.67. The normalized spacial score (nSPS) is 10.2. The first-order valence-electron chi connectivity index (χ1n) is 7.02. The van der Waals surface area contributed by atoms with Gasteiger partial charge in [-0.1, -0.05) is 24.3 Å². The van der Waals surface area contributed by atoms with Crippen LogP contribution in [0.15, 0.2) is 48.5 Å². The first-order chi connectivity index (χ1) is 10.5. The van der Waals surface area contributed by atoms with Gasteiger partial charge in [-0.25, -0.2) is 4.79 Å². The van der Waals surface area contributed by atoms with E-state index in [1.54, 1.807) is 18.2 Å². The molecule has 2 aromatic carbocycles. The number of carboxylic acids is 1. The van der Waals surface area contributed by atoms with E-state index in [9.17, 15) is 4.79 Å². The van der Waals surface area contributed by atoms with Crippen molar-refractivity contribution in [3.63, 3.8) is 0 Å². The molecule has 0 atom stereocenters. The molecule has 1 aromatic heterocycles. The van der Waals surface area contributed by atoms with Crippen LogP contribution < -0.4 is 5.32 Å². The highest BCUT2D eigenvalue weighted by molar-refractivity contribution is 5.95. The number of carbonyl (C=O) groups is 1. The number of halogens is 1. The first kappa shape index (κ1) is 16.8. The second-order valence-electron chi connectivity index (χ2n) is 5.29. The molecule has 0 aliphatic heterocycles. The number of nitrogens with zero attached hydrogens (tertiary/aromatic N) is 1. The Kier molecular flexibility index (Phi) is 4.86. The standard InChI is InChI=1S/C18H16N2O2.ClH/c1-11-5-3-8-15-16(9-12(2)19-17(11)15)20-14-7-4-6-13(10-14)18(21)22;/h3-10H,1-2H3,(H,19,20)(H,21,22);1H. The fourth-order valence-electron chi connectivity index (χ4n) is 2.51. The number of aromatic carboxylic acids is 1. The fraction of sp³-hybridized carbons (Fsp3) is 0.111. The maximum atomic E-state index is 11.1. The molecule has 0 amide bonds. The van der Waals surface area contributed by atoms with E-state index in [0.29, 0.717) is 0 Å². The van der Waals surface area contributed by atoms with Gasteiger partial charge in [0.1, 0.15) is 0 Å². The third kappa shape index (κ3) is 3.43. The van der Waals surface area contributed by atoms with E-state index < -0.39 is 5.97 Å². The van der Waals surface area contributed by atoms with Crippen molar-refractivity contribution in [3.8, 4) is 0 Å². The maximum absolute atomic E-state index is 11.1. The van der Waals surface area contributed by atoms with Crippen LogP contribution in [0.1, 0.15) is 21.6 Å². The Morgan fingerprint density at radius 3 is 2.57 bits per heavy atom. The van der Waals surface area contributed by atoms with Gasteiger partial charge in [-0.15, -0.1) is 12.4 Å². The van der Waals surface area contributed by atoms with Gasteiger partial charge in [-0.05, 0) is 43.7 Å². The Bertz CT molecular complexity index is 878. The number of hydrogen-bond acceptors (Lipinski definition) is 3. The van der Waals surface area contributed by atoms with Crippen molar-refractivity contribution in [2.45, 2.75) is 13.8 Å². The van der Waals surface area contributed by atoms with E-state index in [-0.39, 0.29) is 18.0 Å². The summed E-state index contributed by atoms with van der Waals surface area (Å²) < 4.78 is 0. The zero-order chi connectivity index (χ0) is 15.7. The first-order valence-corrected chi connectivity index (χ1v) is 7.02. The summed E-state index contributed by atoms with van der Waals surface area (Å²) in [5.74, 6) is -0.935. The molecule has 118 valence electrons. The average Bonchev–Trinajstić information content (AvgIpc) is 2.48. The largest absolute Gasteiger partial charge is 0.478 e. The average molecular weight is 329 g/mol. The van der Waals surface area contributed by atoms with Crippen molar-refractivity contribution in [2.24, 2.45) is 0 Å². The van der Waals surface area contributed by atoms with Gasteiger partial charge in [0.15, 0.2) is 0 Å². The number of para-hydroxylation sites is 1. The Hall–Kier alpha value is -2.59. The number of aryl methyl sites for hydroxylation is 2. The van der Waals surface area contributed by atoms with Crippen molar-refractivity contribution in [1.82, 2.24) is 4.98 Å². The van der Waals surface area contributed by atoms with Gasteiger partial charge < -0.3 is 10.4 Å². The zero-order valence-electron chi connectivity index (χ0n) is 12.8. The Morgan fingerprint density at radius 2 is 1.83 bits per heavy atom. The second-order valence-corrected chi connectivity index (χ2v) is 5.29. The number of nitrogens with one attached hydrogen (secondary N) is 1. The number of pyridine rings is 1. The van der Waals surface area contributed by atoms with Crippen molar-refractivity contribution in [2.75, 3.05) is 5.32 Å². The number of rotatable bonds is 3. The van der Waals surface area contributed by atoms with Gasteiger partial charge in [0.05, 0.1) is 11.1 Å². The van der Waals surface area contributed by atoms with E-state index in [4.69, 9.17) is 5.11 Å². The summed E-state index contributed by atoms with van der Waals surface area (Å²) in [5, 5.41) is 13.4. The Labute approximate surface area is 140 Å². The molecule has 0 saturated carbocycles. The van der Waals surface area contributed by atoms with Gasteiger partial charge in [0.25, 0.3) is 0 Å². The molecule has 3 rings (SSSR count). The third-order valence-electron chi connectivity index (χ3n) is 3.56. The number of hydrogen-bond donors (Lipinski definition) is 2. The molecule has 0 radical (unpaired) electrons. The van der Waals surface area contributed by atoms with Crippen LogP contribution in [-0.4, -0.2) is 16.1 Å². The number of fused-ring (bicyclic) bond motifs is 1. The van der Waals surface area contributed by atoms with Crippen LogP contribution in [-0.2, 0) is 0 Å². The Balaban J connectivity index is 0.00000192. The predicted octanol–water partition coefficient (Wildman–Crippen LogP) is 4.72. The summed E-state index contributed by atoms with van der Waals surface area (Å²) in [5.41, 5.74) is 4.92. The highest BCUT2D eigenvalue weighted by atomic mass is 35.5. The van der Waals surface area contributed by atoms with Crippen LogP contribution in [0.2, 0.25) is 0 Å². The zero-order valence-corrected chi connectivity index (χ0v) is 13.6. The van der Waals surface area contributed by atoms with Crippen LogP contribution in [0, 0.1) is 13.8 Å². The lowest BCUT2D eigenvalue weighted by atomic mass is 10.1. The molecule has 4 nitrogen and oxygen atoms in total. The van der Waals surface area contributed by atoms with Crippen LogP contribution in [0.3, 0.4) is 0 Å². The molecule has 23 heavy (non-hydrogen) atoms. The number of benzene rings is 2. The minimum absolute atomic E-state index is 0. The minimum atomic E-state index is -0.935. The quantitative estimate of drug-likeness (QED) is 0.730. The molecule has 1 heterocycles. The summed E-state index contributed by atoms with van der Waals surface area (Å²) in [4.78, 5) is 15.7. The fourth-order valence-corrected chi connectivity index (χ4v) is 2.51. The van der Waals surface area contributed by atoms with Crippen LogP contribution in [0.4, 0.5) is 11.4 Å². The maximum Gasteiger partial charge on any atom is 0.335 e. The van der Waals surface area contributed by atoms with Gasteiger partial charge in [0.2, 0.25) is 0 Å². The van der Waals surface area contributed by atoms with E-state index in [1.165, 1.54) is 0 Å². The molecule has 0 bridgehead atoms. The lowest BCUT2D eigenvalue weighted by Gasteiger charge is -2.12. The van der Waals surface area contributed by atoms with Crippen molar-refractivity contribution in [1.29, 1.82) is 0 Å². The number of anilines is 2. The summed E-state index contributed by atoms with van der Waals surface area (Å²) in [7, 11) is 0. The van der Waals surface area contributed by atoms with Gasteiger partial charge >= 0.3 is 5.97 Å². The van der Waals surface area contributed by atoms with E-state index in [1.807, 2.05) is 44.2 Å². The SMILES string of the molecule is Cc1cc(Nc2cccc(C(=O)O)c2)c2cccc(C)c2n1.Cl. The van der Waals surface area contributed by atoms with Crippen molar-refractivity contribution in [3.05, 3.63) is 65.4 Å².